The maximum Gasteiger partial charge on any atom is 0.325 e. The Hall–Kier alpha value is -1.47. The van der Waals surface area contributed by atoms with E-state index in [1.165, 1.54) is 0 Å². The first-order valence-electron chi connectivity index (χ1n) is 7.92. The van der Waals surface area contributed by atoms with Gasteiger partial charge in [-0.15, -0.1) is 0 Å². The van der Waals surface area contributed by atoms with Crippen molar-refractivity contribution in [1.29, 1.82) is 0 Å². The van der Waals surface area contributed by atoms with Gasteiger partial charge in [0, 0.05) is 20.2 Å². The quantitative estimate of drug-likeness (QED) is 0.705. The van der Waals surface area contributed by atoms with Crippen molar-refractivity contribution in [3.05, 3.63) is 35.4 Å². The molecule has 0 amide bonds. The van der Waals surface area contributed by atoms with Crippen molar-refractivity contribution < 1.29 is 24.5 Å². The standard InChI is InChI=1S/C17H25NO5/c1-22-10-11-23-15-6-8-18(9-7-15)16(17(20)21)14-4-2-13(12-19)3-5-14/h2-5,15-16,19H,6-12H2,1H3,(H,20,21)/t16-/m0/s1. The number of carbonyl (C=O) groups is 1. The number of carboxylic acid groups (broad SMARTS) is 1. The molecule has 1 aromatic rings. The maximum absolute atomic E-state index is 11.7. The zero-order valence-electron chi connectivity index (χ0n) is 13.5. The van der Waals surface area contributed by atoms with Crippen LogP contribution >= 0.6 is 0 Å². The smallest absolute Gasteiger partial charge is 0.325 e. The van der Waals surface area contributed by atoms with E-state index in [0.717, 1.165) is 24.0 Å². The maximum atomic E-state index is 11.7. The van der Waals surface area contributed by atoms with Crippen molar-refractivity contribution in [2.24, 2.45) is 0 Å². The molecule has 128 valence electrons. The van der Waals surface area contributed by atoms with Gasteiger partial charge >= 0.3 is 5.97 Å². The molecule has 6 heteroatoms. The van der Waals surface area contributed by atoms with Crippen LogP contribution in [0.3, 0.4) is 0 Å². The third-order valence-corrected chi connectivity index (χ3v) is 4.19. The first kappa shape index (κ1) is 17.9. The topological polar surface area (TPSA) is 79.2 Å². The van der Waals surface area contributed by atoms with Crippen LogP contribution in [0, 0.1) is 0 Å². The summed E-state index contributed by atoms with van der Waals surface area (Å²) in [5.74, 6) is -0.847. The van der Waals surface area contributed by atoms with E-state index in [4.69, 9.17) is 14.6 Å². The summed E-state index contributed by atoms with van der Waals surface area (Å²) < 4.78 is 10.7. The molecule has 0 spiro atoms. The number of hydrogen-bond acceptors (Lipinski definition) is 5. The second kappa shape index (κ2) is 8.98. The Bertz CT molecular complexity index is 482. The average molecular weight is 323 g/mol. The fourth-order valence-corrected chi connectivity index (χ4v) is 2.91. The van der Waals surface area contributed by atoms with E-state index >= 15 is 0 Å². The number of methoxy groups -OCH3 is 1. The Morgan fingerprint density at radius 2 is 1.91 bits per heavy atom. The first-order chi connectivity index (χ1) is 11.2. The van der Waals surface area contributed by atoms with Crippen LogP contribution < -0.4 is 0 Å². The van der Waals surface area contributed by atoms with Crippen LogP contribution in [-0.2, 0) is 20.9 Å². The largest absolute Gasteiger partial charge is 0.480 e. The number of rotatable bonds is 8. The van der Waals surface area contributed by atoms with Gasteiger partial charge in [0.05, 0.1) is 25.9 Å². The molecule has 23 heavy (non-hydrogen) atoms. The lowest BCUT2D eigenvalue weighted by Gasteiger charge is -2.35. The lowest BCUT2D eigenvalue weighted by Crippen LogP contribution is -2.42. The van der Waals surface area contributed by atoms with Gasteiger partial charge in [-0.1, -0.05) is 24.3 Å². The van der Waals surface area contributed by atoms with Gasteiger partial charge < -0.3 is 19.7 Å². The monoisotopic (exact) mass is 323 g/mol. The molecule has 0 saturated carbocycles. The minimum Gasteiger partial charge on any atom is -0.480 e. The van der Waals surface area contributed by atoms with Crippen molar-refractivity contribution in [1.82, 2.24) is 4.90 Å². The fraction of sp³-hybridized carbons (Fsp3) is 0.588. The van der Waals surface area contributed by atoms with Crippen LogP contribution in [0.5, 0.6) is 0 Å². The highest BCUT2D eigenvalue weighted by molar-refractivity contribution is 5.75. The number of piperidine rings is 1. The number of benzene rings is 1. The van der Waals surface area contributed by atoms with E-state index < -0.39 is 12.0 Å². The molecule has 2 rings (SSSR count). The van der Waals surface area contributed by atoms with Crippen LogP contribution in [-0.4, -0.2) is 60.6 Å². The van der Waals surface area contributed by atoms with Gasteiger partial charge in [-0.05, 0) is 24.0 Å². The molecule has 0 radical (unpaired) electrons. The van der Waals surface area contributed by atoms with E-state index in [0.29, 0.717) is 26.3 Å². The highest BCUT2D eigenvalue weighted by atomic mass is 16.5. The molecule has 0 unspecified atom stereocenters. The summed E-state index contributed by atoms with van der Waals surface area (Å²) in [4.78, 5) is 13.7. The third-order valence-electron chi connectivity index (χ3n) is 4.19. The molecular weight excluding hydrogens is 298 g/mol. The zero-order chi connectivity index (χ0) is 16.7. The summed E-state index contributed by atoms with van der Waals surface area (Å²) >= 11 is 0. The first-order valence-corrected chi connectivity index (χ1v) is 7.92. The van der Waals surface area contributed by atoms with Gasteiger partial charge in [-0.25, -0.2) is 0 Å². The van der Waals surface area contributed by atoms with E-state index in [1.54, 1.807) is 31.4 Å². The molecule has 1 atom stereocenters. The minimum absolute atomic E-state index is 0.0395. The normalized spacial score (nSPS) is 18.0. The van der Waals surface area contributed by atoms with Crippen molar-refractivity contribution >= 4 is 5.97 Å². The fourth-order valence-electron chi connectivity index (χ4n) is 2.91. The molecular formula is C17H25NO5. The molecule has 1 aliphatic rings. The predicted molar refractivity (Wildman–Crippen MR) is 85.2 cm³/mol. The summed E-state index contributed by atoms with van der Waals surface area (Å²) in [6.07, 6.45) is 1.82. The summed E-state index contributed by atoms with van der Waals surface area (Å²) in [6.45, 7) is 2.50. The molecule has 0 aliphatic carbocycles. The van der Waals surface area contributed by atoms with Gasteiger partial charge in [0.25, 0.3) is 0 Å². The van der Waals surface area contributed by atoms with E-state index in [9.17, 15) is 9.90 Å². The van der Waals surface area contributed by atoms with Gasteiger partial charge in [0.15, 0.2) is 0 Å². The van der Waals surface area contributed by atoms with Gasteiger partial charge in [-0.2, -0.15) is 0 Å². The van der Waals surface area contributed by atoms with Crippen molar-refractivity contribution in [3.63, 3.8) is 0 Å². The highest BCUT2D eigenvalue weighted by Gasteiger charge is 2.31. The number of likely N-dealkylation sites (tertiary alicyclic amines) is 1. The van der Waals surface area contributed by atoms with Crippen molar-refractivity contribution in [2.45, 2.75) is 31.6 Å². The molecule has 1 aromatic carbocycles. The molecule has 1 heterocycles. The Labute approximate surface area is 136 Å². The second-order valence-corrected chi connectivity index (χ2v) is 5.74. The van der Waals surface area contributed by atoms with Crippen LogP contribution in [0.25, 0.3) is 0 Å². The van der Waals surface area contributed by atoms with E-state index in [-0.39, 0.29) is 12.7 Å². The highest BCUT2D eigenvalue weighted by Crippen LogP contribution is 2.26. The van der Waals surface area contributed by atoms with Crippen LogP contribution in [0.15, 0.2) is 24.3 Å². The number of aliphatic hydroxyl groups excluding tert-OH is 1. The van der Waals surface area contributed by atoms with E-state index in [2.05, 4.69) is 0 Å². The number of carboxylic acids is 1. The third kappa shape index (κ3) is 5.00. The second-order valence-electron chi connectivity index (χ2n) is 5.74. The summed E-state index contributed by atoms with van der Waals surface area (Å²) in [6, 6.07) is 6.46. The Morgan fingerprint density at radius 1 is 1.26 bits per heavy atom. The lowest BCUT2D eigenvalue weighted by molar-refractivity contribution is -0.145. The molecule has 1 fully saturated rings. The Morgan fingerprint density at radius 3 is 2.43 bits per heavy atom. The van der Waals surface area contributed by atoms with Gasteiger partial charge in [0.2, 0.25) is 0 Å². The Balaban J connectivity index is 1.95. The molecule has 2 N–H and O–H groups in total. The van der Waals surface area contributed by atoms with Crippen LogP contribution in [0.1, 0.15) is 30.0 Å². The molecule has 1 saturated heterocycles. The number of aliphatic hydroxyl groups is 1. The van der Waals surface area contributed by atoms with E-state index in [1.807, 2.05) is 4.90 Å². The van der Waals surface area contributed by atoms with Crippen molar-refractivity contribution in [2.75, 3.05) is 33.4 Å². The van der Waals surface area contributed by atoms with Crippen LogP contribution in [0.2, 0.25) is 0 Å². The molecule has 1 aliphatic heterocycles. The van der Waals surface area contributed by atoms with Gasteiger partial charge in [0.1, 0.15) is 6.04 Å². The van der Waals surface area contributed by atoms with Gasteiger partial charge in [-0.3, -0.25) is 9.69 Å². The molecule has 0 aromatic heterocycles. The summed E-state index contributed by atoms with van der Waals surface area (Å²) in [7, 11) is 1.64. The average Bonchev–Trinajstić information content (AvgIpc) is 2.57. The SMILES string of the molecule is COCCOC1CCN([C@H](C(=O)O)c2ccc(CO)cc2)CC1. The summed E-state index contributed by atoms with van der Waals surface area (Å²) in [5.41, 5.74) is 1.52. The number of hydrogen-bond donors (Lipinski definition) is 2. The summed E-state index contributed by atoms with van der Waals surface area (Å²) in [5, 5.41) is 18.7. The van der Waals surface area contributed by atoms with Crippen molar-refractivity contribution in [3.8, 4) is 0 Å². The minimum atomic E-state index is -0.847. The molecule has 0 bridgehead atoms. The number of nitrogens with zero attached hydrogens (tertiary/aromatic N) is 1. The predicted octanol–water partition coefficient (Wildman–Crippen LogP) is 1.43. The molecule has 6 nitrogen and oxygen atoms in total. The Kier molecular flexibility index (Phi) is 6.98. The zero-order valence-corrected chi connectivity index (χ0v) is 13.5. The number of ether oxygens (including phenoxy) is 2. The van der Waals surface area contributed by atoms with Crippen LogP contribution in [0.4, 0.5) is 0 Å². The lowest BCUT2D eigenvalue weighted by atomic mass is 9.99. The number of aliphatic carboxylic acids is 1.